The van der Waals surface area contributed by atoms with Crippen LogP contribution in [0.2, 0.25) is 0 Å². The molecule has 3 aromatic rings. The van der Waals surface area contributed by atoms with Crippen molar-refractivity contribution in [3.63, 3.8) is 0 Å². The summed E-state index contributed by atoms with van der Waals surface area (Å²) in [5.74, 6) is -1.76. The van der Waals surface area contributed by atoms with E-state index in [0.717, 1.165) is 56.2 Å². The van der Waals surface area contributed by atoms with Crippen LogP contribution in [0.3, 0.4) is 0 Å². The van der Waals surface area contributed by atoms with Gasteiger partial charge in [0.25, 0.3) is 0 Å². The molecule has 0 amide bonds. The number of rotatable bonds is 8. The summed E-state index contributed by atoms with van der Waals surface area (Å²) in [4.78, 5) is 40.4. The first-order chi connectivity index (χ1) is 21.5. The van der Waals surface area contributed by atoms with Gasteiger partial charge in [0.2, 0.25) is 0 Å². The fourth-order valence-corrected chi connectivity index (χ4v) is 7.49. The Labute approximate surface area is 276 Å². The van der Waals surface area contributed by atoms with E-state index in [1.807, 2.05) is 38.2 Å². The Hall–Kier alpha value is -4.06. The van der Waals surface area contributed by atoms with Gasteiger partial charge in [-0.3, -0.25) is 14.5 Å². The molecule has 11 nitrogen and oxygen atoms in total. The van der Waals surface area contributed by atoms with Gasteiger partial charge in [0.1, 0.15) is 0 Å². The van der Waals surface area contributed by atoms with Gasteiger partial charge in [-0.2, -0.15) is 5.70 Å². The molecule has 3 saturated heterocycles. The van der Waals surface area contributed by atoms with Crippen molar-refractivity contribution in [3.8, 4) is 0 Å². The molecule has 238 valence electrons. The van der Waals surface area contributed by atoms with Gasteiger partial charge in [-0.15, -0.1) is 39.2 Å². The summed E-state index contributed by atoms with van der Waals surface area (Å²) >= 11 is 0. The molecule has 7 rings (SSSR count). The van der Waals surface area contributed by atoms with Gasteiger partial charge < -0.3 is 41.9 Å². The third-order valence-electron chi connectivity index (χ3n) is 10.0. The summed E-state index contributed by atoms with van der Waals surface area (Å²) in [6.45, 7) is 10.3. The largest absolute Gasteiger partial charge is 4.00 e. The summed E-state index contributed by atoms with van der Waals surface area (Å²) in [6, 6.07) is 0.207. The molecule has 3 fully saturated rings. The predicted molar refractivity (Wildman–Crippen MR) is 170 cm³/mol. The SMILES string of the molecule is C=Cc1c2[n-]c(c1CN)/C=C1\[N-]/C(=C\c3[n-]c(c(CCC(=O)O)c3C)/C=c3\[n-]/c(c(C)c3CCC(=O)O)=C\2)C(C)[C@]12[C@H]1[C@@H](N)N12.[Fe+4]. The second-order valence-corrected chi connectivity index (χ2v) is 12.3. The van der Waals surface area contributed by atoms with Crippen molar-refractivity contribution in [1.29, 1.82) is 0 Å². The molecule has 1 spiro atoms. The van der Waals surface area contributed by atoms with E-state index in [0.29, 0.717) is 28.5 Å². The van der Waals surface area contributed by atoms with Crippen LogP contribution in [0.25, 0.3) is 35.7 Å². The molecular weight excluding hydrogens is 626 g/mol. The van der Waals surface area contributed by atoms with E-state index in [1.165, 1.54) is 0 Å². The third-order valence-corrected chi connectivity index (χ3v) is 10.0. The number of carbonyl (C=O) groups is 2. The Balaban J connectivity index is 0.00000372. The molecule has 4 aliphatic rings. The molecule has 0 aliphatic carbocycles. The van der Waals surface area contributed by atoms with E-state index in [9.17, 15) is 19.8 Å². The van der Waals surface area contributed by atoms with Gasteiger partial charge in [-0.05, 0) is 43.7 Å². The van der Waals surface area contributed by atoms with Gasteiger partial charge in [-0.1, -0.05) is 66.1 Å². The number of carboxylic acid groups (broad SMARTS) is 2. The van der Waals surface area contributed by atoms with Crippen LogP contribution >= 0.6 is 0 Å². The first-order valence-electron chi connectivity index (χ1n) is 15.2. The van der Waals surface area contributed by atoms with Crippen LogP contribution in [0, 0.1) is 19.8 Å². The summed E-state index contributed by atoms with van der Waals surface area (Å²) in [6.07, 6.45) is 9.99. The Morgan fingerprint density at radius 2 is 1.52 bits per heavy atom. The number of carboxylic acids is 2. The average Bonchev–Trinajstić information content (AvgIpc) is 3.70. The van der Waals surface area contributed by atoms with E-state index in [2.05, 4.69) is 18.4 Å². The fourth-order valence-electron chi connectivity index (χ4n) is 7.49. The summed E-state index contributed by atoms with van der Waals surface area (Å²) in [5, 5.41) is 25.4. The van der Waals surface area contributed by atoms with E-state index in [1.54, 1.807) is 6.08 Å². The summed E-state index contributed by atoms with van der Waals surface area (Å²) in [5.41, 5.74) is 21.8. The summed E-state index contributed by atoms with van der Waals surface area (Å²) < 4.78 is 0. The zero-order chi connectivity index (χ0) is 31.9. The summed E-state index contributed by atoms with van der Waals surface area (Å²) in [7, 11) is 0. The molecule has 6 N–H and O–H groups in total. The number of hydrogen-bond donors (Lipinski definition) is 4. The normalized spacial score (nSPS) is 28.6. The minimum absolute atomic E-state index is 0. The molecule has 3 aromatic heterocycles. The number of aliphatic carboxylic acids is 2. The van der Waals surface area contributed by atoms with Crippen LogP contribution < -0.4 is 37.1 Å². The monoisotopic (exact) mass is 661 g/mol. The Morgan fingerprint density at radius 1 is 0.913 bits per heavy atom. The maximum absolute atomic E-state index is 11.6. The number of nitrogens with zero attached hydrogens (tertiary/aromatic N) is 5. The van der Waals surface area contributed by atoms with Crippen molar-refractivity contribution in [3.05, 3.63) is 90.1 Å². The minimum Gasteiger partial charge on any atom is -0.663 e. The van der Waals surface area contributed by atoms with E-state index in [4.69, 9.17) is 31.7 Å². The van der Waals surface area contributed by atoms with E-state index < -0.39 is 11.9 Å². The molecule has 8 bridgehead atoms. The van der Waals surface area contributed by atoms with Crippen molar-refractivity contribution in [1.82, 2.24) is 19.9 Å². The van der Waals surface area contributed by atoms with Crippen LogP contribution in [0.4, 0.5) is 0 Å². The first kappa shape index (κ1) is 31.9. The third kappa shape index (κ3) is 4.66. The second kappa shape index (κ2) is 11.3. The van der Waals surface area contributed by atoms with Crippen molar-refractivity contribution in [2.24, 2.45) is 17.4 Å². The molecule has 2 unspecified atom stereocenters. The zero-order valence-corrected chi connectivity index (χ0v) is 26.9. The topological polar surface area (TPSA) is 186 Å². The van der Waals surface area contributed by atoms with Crippen LogP contribution in [-0.4, -0.2) is 44.8 Å². The van der Waals surface area contributed by atoms with Crippen molar-refractivity contribution >= 4 is 42.3 Å². The molecule has 5 atom stereocenters. The molecule has 0 saturated carbocycles. The molecule has 0 aromatic carbocycles. The zero-order valence-electron chi connectivity index (χ0n) is 25.8. The van der Waals surface area contributed by atoms with Gasteiger partial charge in [0.05, 0.1) is 17.7 Å². The Morgan fingerprint density at radius 3 is 2.13 bits per heavy atom. The minimum atomic E-state index is -0.906. The van der Waals surface area contributed by atoms with Crippen LogP contribution in [0.5, 0.6) is 0 Å². The van der Waals surface area contributed by atoms with Crippen molar-refractivity contribution in [2.45, 2.75) is 70.7 Å². The van der Waals surface area contributed by atoms with Crippen molar-refractivity contribution < 1.29 is 36.9 Å². The molecule has 4 aliphatic heterocycles. The van der Waals surface area contributed by atoms with Gasteiger partial charge in [-0.25, -0.2) is 0 Å². The first-order valence-corrected chi connectivity index (χ1v) is 15.2. The predicted octanol–water partition coefficient (Wildman–Crippen LogP) is 1.41. The molecule has 7 heterocycles. The van der Waals surface area contributed by atoms with Crippen molar-refractivity contribution in [2.75, 3.05) is 0 Å². The molecule has 46 heavy (non-hydrogen) atoms. The van der Waals surface area contributed by atoms with Gasteiger partial charge in [0.15, 0.2) is 0 Å². The van der Waals surface area contributed by atoms with E-state index >= 15 is 0 Å². The Bertz CT molecular complexity index is 1980. The fraction of sp³-hybridized carbons (Fsp3) is 0.353. The van der Waals surface area contributed by atoms with E-state index in [-0.39, 0.29) is 66.5 Å². The van der Waals surface area contributed by atoms with Crippen LogP contribution in [0.1, 0.15) is 75.9 Å². The molecule has 12 heteroatoms. The smallest absolute Gasteiger partial charge is 0.663 e. The maximum atomic E-state index is 11.6. The van der Waals surface area contributed by atoms with Crippen LogP contribution in [0.15, 0.2) is 18.0 Å². The number of nitrogens with two attached hydrogens (primary N) is 2. The number of hydrogen-bond acceptors (Lipinski definition) is 5. The standard InChI is InChI=1S/C34H35N7O4.Fe/c1-5-18-21(14-35)28-13-29-34(32-33(36)41(32)34)17(4)24(40-29)10-22-15(2)19(6-8-30(42)43)26(37-22)12-27-20(7-9-31(44)45)16(3)23(38-27)11-25(18)39-28;/h5,10-13,17,32-33H,1,6-9,14,35-36H2,2-4H3,(H,42,43)(H,44,45);/q-4;+4/b23-11-,24-10-,27-12-,29-13-;/t17?,32-,33+,34-,41?;/m1./s1. The Kier molecular flexibility index (Phi) is 7.85. The second-order valence-electron chi connectivity index (χ2n) is 12.3. The quantitative estimate of drug-likeness (QED) is 0.203. The molecule has 0 radical (unpaired) electrons. The average molecular weight is 662 g/mol. The number of fused-ring (bicyclic) bond motifs is 12. The van der Waals surface area contributed by atoms with Gasteiger partial charge >= 0.3 is 29.0 Å². The maximum Gasteiger partial charge on any atom is 4.00 e. The molecular formula is C34H35FeN7O4. The van der Waals surface area contributed by atoms with Crippen LogP contribution in [-0.2, 0) is 46.0 Å². The number of aromatic nitrogens is 3. The van der Waals surface area contributed by atoms with Gasteiger partial charge in [0, 0.05) is 19.4 Å².